The molecule has 4 aromatic rings. The van der Waals surface area contributed by atoms with Crippen molar-refractivity contribution in [3.63, 3.8) is 0 Å². The summed E-state index contributed by atoms with van der Waals surface area (Å²) in [5.74, 6) is -2.72. The molecule has 1 aromatic heterocycles. The number of carbonyl (C=O) groups is 2. The molecular formula is C32H28BrN5O5. The lowest BCUT2D eigenvalue weighted by Gasteiger charge is -2.49. The van der Waals surface area contributed by atoms with Gasteiger partial charge in [0.05, 0.1) is 29.6 Å². The number of benzene rings is 3. The van der Waals surface area contributed by atoms with Gasteiger partial charge in [-0.25, -0.2) is 23.5 Å². The highest BCUT2D eigenvalue weighted by molar-refractivity contribution is 9.10. The number of phenols is 1. The normalized spacial score (nSPS) is 24.3. The van der Waals surface area contributed by atoms with Gasteiger partial charge in [0.2, 0.25) is 0 Å². The number of hydrazine groups is 1. The lowest BCUT2D eigenvalue weighted by atomic mass is 9.53. The number of nitrogens with one attached hydrogen (secondary N) is 1. The summed E-state index contributed by atoms with van der Waals surface area (Å²) < 4.78 is 4.50. The average molecular weight is 643 g/mol. The van der Waals surface area contributed by atoms with Crippen molar-refractivity contribution in [1.82, 2.24) is 18.9 Å². The number of carbonyl (C=O) groups excluding carboxylic acids is 2. The van der Waals surface area contributed by atoms with Gasteiger partial charge >= 0.3 is 11.4 Å². The summed E-state index contributed by atoms with van der Waals surface area (Å²) in [4.78, 5) is 55.8. The Morgan fingerprint density at radius 1 is 0.953 bits per heavy atom. The van der Waals surface area contributed by atoms with Crippen LogP contribution in [0.25, 0.3) is 0 Å². The van der Waals surface area contributed by atoms with Crippen LogP contribution in [0.5, 0.6) is 5.75 Å². The van der Waals surface area contributed by atoms with E-state index in [1.54, 1.807) is 30.3 Å². The number of aromatic hydroxyl groups is 1. The van der Waals surface area contributed by atoms with Crippen molar-refractivity contribution in [2.24, 2.45) is 13.0 Å². The number of hydrogen-bond acceptors (Lipinski definition) is 6. The molecule has 0 bridgehead atoms. The summed E-state index contributed by atoms with van der Waals surface area (Å²) in [5.41, 5.74) is 3.99. The summed E-state index contributed by atoms with van der Waals surface area (Å²) in [6, 6.07) is 20.9. The first-order valence-corrected chi connectivity index (χ1v) is 14.8. The number of halogens is 1. The Morgan fingerprint density at radius 2 is 1.67 bits per heavy atom. The molecule has 218 valence electrons. The second-order valence-electron chi connectivity index (χ2n) is 11.4. The van der Waals surface area contributed by atoms with Gasteiger partial charge in [-0.3, -0.25) is 15.0 Å². The fourth-order valence-electron chi connectivity index (χ4n) is 7.22. The fourth-order valence-corrected chi connectivity index (χ4v) is 7.60. The van der Waals surface area contributed by atoms with Crippen LogP contribution in [0.2, 0.25) is 0 Å². The SMILES string of the molecule is Cc1ccc(NN2C(=O)[C@@H]3C[C@@H]4C(=CCn5c(=O)n(C)c(=O)n54)[C@H](c4cc(Br)ccc4O)[C@]3(c3ccccc3)C2=O)cc1. The standard InChI is InChI=1S/C32H28BrN5O5/c1-18-8-11-21(12-9-18)34-37-28(40)24-17-25-22(14-15-36-30(42)35(2)31(43)38(25)36)27(23-16-20(33)10-13-26(23)39)32(24,29(37)41)19-6-4-3-5-7-19/h3-14,16,24-25,27,34,39H,15,17H2,1-2H3/t24-,25+,27+,32+/m0/s1. The second-order valence-corrected chi connectivity index (χ2v) is 12.3. The zero-order valence-corrected chi connectivity index (χ0v) is 25.0. The number of aryl methyl sites for hydroxylation is 1. The number of fused-ring (bicyclic) bond motifs is 4. The number of imide groups is 1. The Bertz CT molecular complexity index is 1960. The van der Waals surface area contributed by atoms with E-state index in [4.69, 9.17) is 0 Å². The fraction of sp³-hybridized carbons (Fsp3) is 0.250. The molecule has 1 aliphatic carbocycles. The van der Waals surface area contributed by atoms with Crippen LogP contribution in [-0.2, 0) is 28.6 Å². The molecule has 0 radical (unpaired) electrons. The third-order valence-electron chi connectivity index (χ3n) is 9.15. The third kappa shape index (κ3) is 3.77. The maximum atomic E-state index is 15.0. The molecule has 0 unspecified atom stereocenters. The predicted octanol–water partition coefficient (Wildman–Crippen LogP) is 3.74. The van der Waals surface area contributed by atoms with Crippen molar-refractivity contribution in [2.45, 2.75) is 37.3 Å². The van der Waals surface area contributed by atoms with Crippen molar-refractivity contribution in [3.8, 4) is 5.75 Å². The maximum absolute atomic E-state index is 15.0. The average Bonchev–Trinajstić information content (AvgIpc) is 3.36. The number of allylic oxidation sites excluding steroid dienone is 2. The van der Waals surface area contributed by atoms with Crippen molar-refractivity contribution >= 4 is 33.4 Å². The van der Waals surface area contributed by atoms with Gasteiger partial charge in [-0.2, -0.15) is 5.01 Å². The first kappa shape index (κ1) is 27.2. The number of nitrogens with zero attached hydrogens (tertiary/aromatic N) is 4. The Hall–Kier alpha value is -4.64. The van der Waals surface area contributed by atoms with E-state index in [0.717, 1.165) is 15.1 Å². The van der Waals surface area contributed by atoms with Crippen LogP contribution in [-0.4, -0.2) is 35.9 Å². The molecule has 1 saturated carbocycles. The highest BCUT2D eigenvalue weighted by Gasteiger charge is 2.69. The second kappa shape index (κ2) is 9.70. The number of phenolic OH excluding ortho intramolecular Hbond substituents is 1. The van der Waals surface area contributed by atoms with Gasteiger partial charge < -0.3 is 5.11 Å². The van der Waals surface area contributed by atoms with Crippen molar-refractivity contribution in [2.75, 3.05) is 5.43 Å². The van der Waals surface area contributed by atoms with Crippen LogP contribution in [0.15, 0.2) is 98.5 Å². The molecule has 2 N–H and O–H groups in total. The Labute approximate surface area is 254 Å². The lowest BCUT2D eigenvalue weighted by molar-refractivity contribution is -0.138. The van der Waals surface area contributed by atoms with E-state index >= 15 is 0 Å². The minimum Gasteiger partial charge on any atom is -0.508 e. The van der Waals surface area contributed by atoms with Gasteiger partial charge in [-0.1, -0.05) is 70.0 Å². The minimum atomic E-state index is -1.46. The molecule has 10 nitrogen and oxygen atoms in total. The molecule has 2 fully saturated rings. The molecule has 3 heterocycles. The molecule has 7 rings (SSSR count). The zero-order valence-electron chi connectivity index (χ0n) is 23.4. The largest absolute Gasteiger partial charge is 0.508 e. The topological polar surface area (TPSA) is 119 Å². The van der Waals surface area contributed by atoms with E-state index in [0.29, 0.717) is 26.9 Å². The highest BCUT2D eigenvalue weighted by Crippen LogP contribution is 2.62. The molecule has 2 aliphatic heterocycles. The quantitative estimate of drug-likeness (QED) is 0.259. The summed E-state index contributed by atoms with van der Waals surface area (Å²) in [7, 11) is 1.43. The molecule has 11 heteroatoms. The number of hydrogen-bond donors (Lipinski definition) is 2. The predicted molar refractivity (Wildman–Crippen MR) is 162 cm³/mol. The van der Waals surface area contributed by atoms with E-state index in [2.05, 4.69) is 21.4 Å². The lowest BCUT2D eigenvalue weighted by Crippen LogP contribution is -2.53. The van der Waals surface area contributed by atoms with E-state index in [1.165, 1.54) is 16.4 Å². The van der Waals surface area contributed by atoms with E-state index in [1.807, 2.05) is 55.5 Å². The highest BCUT2D eigenvalue weighted by atomic mass is 79.9. The molecule has 3 aromatic carbocycles. The van der Waals surface area contributed by atoms with Crippen LogP contribution in [0.3, 0.4) is 0 Å². The van der Waals surface area contributed by atoms with Crippen molar-refractivity contribution in [3.05, 3.63) is 127 Å². The summed E-state index contributed by atoms with van der Waals surface area (Å²) in [5, 5.41) is 12.4. The summed E-state index contributed by atoms with van der Waals surface area (Å²) in [6.45, 7) is 2.06. The first-order chi connectivity index (χ1) is 20.6. The smallest absolute Gasteiger partial charge is 0.347 e. The molecule has 3 aliphatic rings. The van der Waals surface area contributed by atoms with Crippen LogP contribution in [0, 0.1) is 12.8 Å². The maximum Gasteiger partial charge on any atom is 0.347 e. The Morgan fingerprint density at radius 3 is 2.40 bits per heavy atom. The van der Waals surface area contributed by atoms with Gasteiger partial charge in [0.25, 0.3) is 11.8 Å². The van der Waals surface area contributed by atoms with E-state index in [9.17, 15) is 24.3 Å². The van der Waals surface area contributed by atoms with Crippen molar-refractivity contribution < 1.29 is 14.7 Å². The monoisotopic (exact) mass is 641 g/mol. The minimum absolute atomic E-state index is 0.0441. The molecule has 2 amide bonds. The zero-order chi connectivity index (χ0) is 30.2. The van der Waals surface area contributed by atoms with Crippen LogP contribution in [0.1, 0.15) is 35.1 Å². The Balaban J connectivity index is 1.52. The summed E-state index contributed by atoms with van der Waals surface area (Å²) >= 11 is 3.53. The van der Waals surface area contributed by atoms with Crippen molar-refractivity contribution in [1.29, 1.82) is 0 Å². The van der Waals surface area contributed by atoms with Gasteiger partial charge in [0.15, 0.2) is 0 Å². The van der Waals surface area contributed by atoms with Gasteiger partial charge in [-0.15, -0.1) is 0 Å². The van der Waals surface area contributed by atoms with E-state index in [-0.39, 0.29) is 18.7 Å². The molecule has 4 atom stereocenters. The van der Waals surface area contributed by atoms with Crippen LogP contribution >= 0.6 is 15.9 Å². The van der Waals surface area contributed by atoms with Gasteiger partial charge in [0, 0.05) is 23.0 Å². The number of amides is 2. The van der Waals surface area contributed by atoms with Crippen LogP contribution in [0.4, 0.5) is 5.69 Å². The van der Waals surface area contributed by atoms with Gasteiger partial charge in [-0.05, 0) is 54.8 Å². The Kier molecular flexibility index (Phi) is 6.14. The molecular weight excluding hydrogens is 614 g/mol. The molecule has 1 saturated heterocycles. The van der Waals surface area contributed by atoms with E-state index < -0.39 is 46.5 Å². The third-order valence-corrected chi connectivity index (χ3v) is 9.64. The number of aromatic nitrogens is 3. The van der Waals surface area contributed by atoms with Crippen LogP contribution < -0.4 is 16.8 Å². The number of anilines is 1. The van der Waals surface area contributed by atoms with Gasteiger partial charge in [0.1, 0.15) is 5.75 Å². The summed E-state index contributed by atoms with van der Waals surface area (Å²) in [6.07, 6.45) is 1.97. The molecule has 43 heavy (non-hydrogen) atoms. The number of rotatable bonds is 4. The first-order valence-electron chi connectivity index (χ1n) is 14.0. The molecule has 0 spiro atoms.